The third-order valence-electron chi connectivity index (χ3n) is 5.43. The lowest BCUT2D eigenvalue weighted by atomic mass is 10.0. The molecule has 0 radical (unpaired) electrons. The summed E-state index contributed by atoms with van der Waals surface area (Å²) in [5.41, 5.74) is 2.75. The molecule has 2 heterocycles. The number of benzene rings is 2. The van der Waals surface area contributed by atoms with Crippen molar-refractivity contribution < 1.29 is 16.8 Å². The highest BCUT2D eigenvalue weighted by molar-refractivity contribution is 7.93. The third-order valence-corrected chi connectivity index (χ3v) is 9.17. The Balaban J connectivity index is 1.67. The maximum Gasteiger partial charge on any atom is 0.264 e. The number of rotatable bonds is 4. The van der Waals surface area contributed by atoms with Crippen molar-refractivity contribution in [2.24, 2.45) is 0 Å². The standard InChI is InChI=1S/C20H24N2O4S2/c1-16-6-7-17-5-4-14-22(20(17)15-16)28(25,26)19-10-8-18(9-11-19)27(23,24)21-12-2-3-13-21/h6-11,15H,2-5,12-14H2,1H3. The van der Waals surface area contributed by atoms with Gasteiger partial charge in [-0.25, -0.2) is 16.8 Å². The maximum absolute atomic E-state index is 13.2. The predicted octanol–water partition coefficient (Wildman–Crippen LogP) is 2.92. The highest BCUT2D eigenvalue weighted by Crippen LogP contribution is 2.33. The van der Waals surface area contributed by atoms with Gasteiger partial charge in [0.15, 0.2) is 0 Å². The van der Waals surface area contributed by atoms with Crippen LogP contribution in [-0.2, 0) is 26.5 Å². The lowest BCUT2D eigenvalue weighted by Gasteiger charge is -2.31. The van der Waals surface area contributed by atoms with E-state index in [1.54, 1.807) is 0 Å². The molecule has 2 aromatic rings. The van der Waals surface area contributed by atoms with E-state index in [9.17, 15) is 16.8 Å². The van der Waals surface area contributed by atoms with E-state index in [2.05, 4.69) is 0 Å². The quantitative estimate of drug-likeness (QED) is 0.762. The second-order valence-corrected chi connectivity index (χ2v) is 11.2. The third kappa shape index (κ3) is 3.33. The van der Waals surface area contributed by atoms with Crippen LogP contribution >= 0.6 is 0 Å². The molecule has 150 valence electrons. The number of sulfonamides is 2. The summed E-state index contributed by atoms with van der Waals surface area (Å²) in [4.78, 5) is 0.255. The molecule has 0 amide bonds. The summed E-state index contributed by atoms with van der Waals surface area (Å²) < 4.78 is 54.7. The van der Waals surface area contributed by atoms with Gasteiger partial charge >= 0.3 is 0 Å². The Kier molecular flexibility index (Phi) is 4.97. The topological polar surface area (TPSA) is 74.8 Å². The van der Waals surface area contributed by atoms with Gasteiger partial charge in [-0.1, -0.05) is 12.1 Å². The highest BCUT2D eigenvalue weighted by atomic mass is 32.2. The SMILES string of the molecule is Cc1ccc2c(c1)N(S(=O)(=O)c1ccc(S(=O)(=O)N3CCCC3)cc1)CCC2. The van der Waals surface area contributed by atoms with Gasteiger partial charge in [-0.2, -0.15) is 4.31 Å². The van der Waals surface area contributed by atoms with Gasteiger partial charge in [0.25, 0.3) is 10.0 Å². The molecule has 28 heavy (non-hydrogen) atoms. The molecule has 1 saturated heterocycles. The largest absolute Gasteiger partial charge is 0.266 e. The predicted molar refractivity (Wildman–Crippen MR) is 108 cm³/mol. The lowest BCUT2D eigenvalue weighted by molar-refractivity contribution is 0.477. The maximum atomic E-state index is 13.2. The number of anilines is 1. The molecule has 0 saturated carbocycles. The number of hydrogen-bond acceptors (Lipinski definition) is 4. The first kappa shape index (κ1) is 19.4. The van der Waals surface area contributed by atoms with Crippen molar-refractivity contribution in [3.8, 4) is 0 Å². The van der Waals surface area contributed by atoms with Gasteiger partial charge in [0.2, 0.25) is 10.0 Å². The second kappa shape index (κ2) is 7.17. The number of aryl methyl sites for hydroxylation is 2. The molecular formula is C20H24N2O4S2. The fraction of sp³-hybridized carbons (Fsp3) is 0.400. The van der Waals surface area contributed by atoms with Gasteiger partial charge < -0.3 is 0 Å². The summed E-state index contributed by atoms with van der Waals surface area (Å²) in [7, 11) is -7.30. The molecule has 0 N–H and O–H groups in total. The summed E-state index contributed by atoms with van der Waals surface area (Å²) in [5, 5.41) is 0. The van der Waals surface area contributed by atoms with Gasteiger partial charge in [0.05, 0.1) is 15.5 Å². The van der Waals surface area contributed by atoms with Crippen LogP contribution < -0.4 is 4.31 Å². The van der Waals surface area contributed by atoms with Crippen molar-refractivity contribution in [1.82, 2.24) is 4.31 Å². The van der Waals surface area contributed by atoms with E-state index < -0.39 is 20.0 Å². The van der Waals surface area contributed by atoms with Crippen molar-refractivity contribution in [2.75, 3.05) is 23.9 Å². The number of hydrogen-bond donors (Lipinski definition) is 0. The van der Waals surface area contributed by atoms with Crippen LogP contribution in [0, 0.1) is 6.92 Å². The van der Waals surface area contributed by atoms with Crippen LogP contribution in [0.5, 0.6) is 0 Å². The number of fused-ring (bicyclic) bond motifs is 1. The van der Waals surface area contributed by atoms with Gasteiger partial charge in [-0.15, -0.1) is 0 Å². The zero-order chi connectivity index (χ0) is 19.9. The Morgan fingerprint density at radius 1 is 0.750 bits per heavy atom. The van der Waals surface area contributed by atoms with Crippen molar-refractivity contribution in [2.45, 2.75) is 42.4 Å². The van der Waals surface area contributed by atoms with E-state index in [1.807, 2.05) is 25.1 Å². The van der Waals surface area contributed by atoms with Crippen molar-refractivity contribution in [1.29, 1.82) is 0 Å². The Morgan fingerprint density at radius 3 is 2.00 bits per heavy atom. The molecule has 8 heteroatoms. The van der Waals surface area contributed by atoms with Crippen molar-refractivity contribution in [3.63, 3.8) is 0 Å². The van der Waals surface area contributed by atoms with Crippen LogP contribution in [0.3, 0.4) is 0 Å². The van der Waals surface area contributed by atoms with E-state index in [4.69, 9.17) is 0 Å². The second-order valence-electron chi connectivity index (χ2n) is 7.40. The molecule has 0 aromatic heterocycles. The minimum absolute atomic E-state index is 0.113. The average molecular weight is 421 g/mol. The minimum Gasteiger partial charge on any atom is -0.266 e. The molecule has 1 fully saturated rings. The molecule has 0 atom stereocenters. The summed E-state index contributed by atoms with van der Waals surface area (Å²) in [6.07, 6.45) is 3.34. The molecule has 6 nitrogen and oxygen atoms in total. The van der Waals surface area contributed by atoms with E-state index in [0.29, 0.717) is 19.6 Å². The molecule has 0 spiro atoms. The van der Waals surface area contributed by atoms with Gasteiger partial charge in [-0.05, 0) is 74.1 Å². The van der Waals surface area contributed by atoms with Crippen molar-refractivity contribution >= 4 is 25.7 Å². The van der Waals surface area contributed by atoms with Crippen LogP contribution in [0.2, 0.25) is 0 Å². The molecule has 2 aromatic carbocycles. The molecule has 2 aliphatic rings. The Morgan fingerprint density at radius 2 is 1.36 bits per heavy atom. The van der Waals surface area contributed by atoms with Crippen LogP contribution in [-0.4, -0.2) is 40.8 Å². The first-order chi connectivity index (χ1) is 13.3. The van der Waals surface area contributed by atoms with Gasteiger partial charge in [0, 0.05) is 19.6 Å². The molecule has 4 rings (SSSR count). The van der Waals surface area contributed by atoms with Gasteiger partial charge in [0.1, 0.15) is 0 Å². The molecule has 0 bridgehead atoms. The zero-order valence-electron chi connectivity index (χ0n) is 15.8. The van der Waals surface area contributed by atoms with E-state index in [0.717, 1.165) is 42.5 Å². The fourth-order valence-electron chi connectivity index (χ4n) is 3.89. The van der Waals surface area contributed by atoms with Crippen LogP contribution in [0.15, 0.2) is 52.3 Å². The molecule has 0 aliphatic carbocycles. The van der Waals surface area contributed by atoms with Crippen LogP contribution in [0.4, 0.5) is 5.69 Å². The Hall–Kier alpha value is -1.90. The summed E-state index contributed by atoms with van der Waals surface area (Å²) >= 11 is 0. The van der Waals surface area contributed by atoms with Gasteiger partial charge in [-0.3, -0.25) is 4.31 Å². The lowest BCUT2D eigenvalue weighted by Crippen LogP contribution is -2.35. The monoisotopic (exact) mass is 420 g/mol. The first-order valence-electron chi connectivity index (χ1n) is 9.53. The molecular weight excluding hydrogens is 396 g/mol. The normalized spacial score (nSPS) is 18.2. The zero-order valence-corrected chi connectivity index (χ0v) is 17.5. The smallest absolute Gasteiger partial charge is 0.264 e. The summed E-state index contributed by atoms with van der Waals surface area (Å²) in [6, 6.07) is 11.5. The first-order valence-corrected chi connectivity index (χ1v) is 12.4. The summed E-state index contributed by atoms with van der Waals surface area (Å²) in [6.45, 7) is 3.41. The molecule has 0 unspecified atom stereocenters. The number of nitrogens with zero attached hydrogens (tertiary/aromatic N) is 2. The van der Waals surface area contributed by atoms with E-state index in [1.165, 1.54) is 32.9 Å². The van der Waals surface area contributed by atoms with E-state index in [-0.39, 0.29) is 9.79 Å². The fourth-order valence-corrected chi connectivity index (χ4v) is 6.94. The van der Waals surface area contributed by atoms with Crippen LogP contribution in [0.1, 0.15) is 30.4 Å². The molecule has 2 aliphatic heterocycles. The Bertz CT molecular complexity index is 1090. The average Bonchev–Trinajstić information content (AvgIpc) is 3.23. The van der Waals surface area contributed by atoms with E-state index >= 15 is 0 Å². The van der Waals surface area contributed by atoms with Crippen molar-refractivity contribution in [3.05, 3.63) is 53.6 Å². The summed E-state index contributed by atoms with van der Waals surface area (Å²) in [5.74, 6) is 0. The Labute approximate surface area is 166 Å². The highest BCUT2D eigenvalue weighted by Gasteiger charge is 2.31. The van der Waals surface area contributed by atoms with Crippen LogP contribution in [0.25, 0.3) is 0 Å². The minimum atomic E-state index is -3.75.